The molecule has 0 aliphatic carbocycles. The van der Waals surface area contributed by atoms with E-state index in [2.05, 4.69) is 10.1 Å². The summed E-state index contributed by atoms with van der Waals surface area (Å²) in [5, 5.41) is 4.13. The highest BCUT2D eigenvalue weighted by Gasteiger charge is 2.27. The molecule has 0 unspecified atom stereocenters. The van der Waals surface area contributed by atoms with E-state index in [-0.39, 0.29) is 0 Å². The van der Waals surface area contributed by atoms with Gasteiger partial charge in [0.05, 0.1) is 18.9 Å². The van der Waals surface area contributed by atoms with Crippen LogP contribution in [-0.2, 0) is 14.3 Å². The van der Waals surface area contributed by atoms with Crippen LogP contribution in [0.2, 0.25) is 0 Å². The fourth-order valence-corrected chi connectivity index (χ4v) is 2.27. The van der Waals surface area contributed by atoms with E-state index in [1.54, 1.807) is 12.4 Å². The molecule has 5 nitrogen and oxygen atoms in total. The summed E-state index contributed by atoms with van der Waals surface area (Å²) in [6.45, 7) is 8.05. The van der Waals surface area contributed by atoms with E-state index in [9.17, 15) is 0 Å². The number of rotatable bonds is 7. The molecule has 0 amide bonds. The lowest BCUT2D eigenvalue weighted by molar-refractivity contribution is -0.262. The van der Waals surface area contributed by atoms with E-state index in [1.165, 1.54) is 0 Å². The number of hydrogen-bond acceptors (Lipinski definition) is 5. The molecule has 0 saturated carbocycles. The normalized spacial score (nSPS) is 19.1. The highest BCUT2D eigenvalue weighted by Crippen LogP contribution is 2.23. The van der Waals surface area contributed by atoms with Gasteiger partial charge in [0, 0.05) is 23.9 Å². The zero-order chi connectivity index (χ0) is 15.8. The van der Waals surface area contributed by atoms with E-state index in [4.69, 9.17) is 14.3 Å². The zero-order valence-corrected chi connectivity index (χ0v) is 13.7. The van der Waals surface area contributed by atoms with Crippen LogP contribution in [0.4, 0.5) is 0 Å². The van der Waals surface area contributed by atoms with Crippen molar-refractivity contribution in [3.05, 3.63) is 30.1 Å². The van der Waals surface area contributed by atoms with Gasteiger partial charge in [0.1, 0.15) is 6.61 Å². The van der Waals surface area contributed by atoms with Crippen molar-refractivity contribution in [1.29, 1.82) is 0 Å². The van der Waals surface area contributed by atoms with Crippen molar-refractivity contribution in [2.24, 2.45) is 11.1 Å². The zero-order valence-electron chi connectivity index (χ0n) is 13.7. The summed E-state index contributed by atoms with van der Waals surface area (Å²) in [7, 11) is 0. The standard InChI is InChI=1S/C17H26N2O3/c1-14(16-8-6-9-18-11-16)19-22-10-5-4-7-15-12-20-17(2,3)21-13-15/h6,8-9,11,15H,4-5,7,10,12-13H2,1-3H3. The van der Waals surface area contributed by atoms with Crippen LogP contribution in [-0.4, -0.2) is 36.3 Å². The first kappa shape index (κ1) is 16.9. The van der Waals surface area contributed by atoms with Crippen molar-refractivity contribution in [2.45, 2.75) is 45.8 Å². The molecule has 1 aromatic rings. The Hall–Kier alpha value is -1.46. The summed E-state index contributed by atoms with van der Waals surface area (Å²) in [5.41, 5.74) is 1.84. The van der Waals surface area contributed by atoms with E-state index in [0.29, 0.717) is 12.5 Å². The number of unbranched alkanes of at least 4 members (excludes halogenated alkanes) is 1. The quantitative estimate of drug-likeness (QED) is 0.440. The molecule has 0 bridgehead atoms. The first-order valence-electron chi connectivity index (χ1n) is 7.92. The van der Waals surface area contributed by atoms with Crippen molar-refractivity contribution in [1.82, 2.24) is 4.98 Å². The maximum Gasteiger partial charge on any atom is 0.162 e. The lowest BCUT2D eigenvalue weighted by atomic mass is 10.0. The molecule has 122 valence electrons. The van der Waals surface area contributed by atoms with Gasteiger partial charge >= 0.3 is 0 Å². The second kappa shape index (κ2) is 8.25. The summed E-state index contributed by atoms with van der Waals surface area (Å²) in [6, 6.07) is 3.86. The molecular weight excluding hydrogens is 280 g/mol. The fraction of sp³-hybridized carbons (Fsp3) is 0.647. The summed E-state index contributed by atoms with van der Waals surface area (Å²) in [6.07, 6.45) is 6.72. The third kappa shape index (κ3) is 5.73. The molecule has 1 aliphatic rings. The van der Waals surface area contributed by atoms with Crippen LogP contribution < -0.4 is 0 Å². The molecule has 22 heavy (non-hydrogen) atoms. The first-order chi connectivity index (χ1) is 10.6. The lowest BCUT2D eigenvalue weighted by Crippen LogP contribution is -2.39. The number of aromatic nitrogens is 1. The molecule has 1 saturated heterocycles. The van der Waals surface area contributed by atoms with Crippen LogP contribution in [0.3, 0.4) is 0 Å². The highest BCUT2D eigenvalue weighted by molar-refractivity contribution is 5.97. The summed E-state index contributed by atoms with van der Waals surface area (Å²) in [5.74, 6) is 0.0756. The van der Waals surface area contributed by atoms with Gasteiger partial charge in [-0.15, -0.1) is 0 Å². The Morgan fingerprint density at radius 2 is 2.14 bits per heavy atom. The van der Waals surface area contributed by atoms with Crippen molar-refractivity contribution in [3.8, 4) is 0 Å². The Morgan fingerprint density at radius 3 is 2.82 bits per heavy atom. The molecule has 1 fully saturated rings. The van der Waals surface area contributed by atoms with E-state index >= 15 is 0 Å². The predicted molar refractivity (Wildman–Crippen MR) is 85.7 cm³/mol. The van der Waals surface area contributed by atoms with E-state index in [0.717, 1.165) is 43.8 Å². The smallest absolute Gasteiger partial charge is 0.162 e. The predicted octanol–water partition coefficient (Wildman–Crippen LogP) is 3.39. The van der Waals surface area contributed by atoms with Crippen LogP contribution in [0.1, 0.15) is 45.6 Å². The van der Waals surface area contributed by atoms with E-state index < -0.39 is 5.79 Å². The van der Waals surface area contributed by atoms with Crippen molar-refractivity contribution >= 4 is 5.71 Å². The number of nitrogens with zero attached hydrogens (tertiary/aromatic N) is 2. The maximum atomic E-state index is 5.66. The largest absolute Gasteiger partial charge is 0.396 e. The second-order valence-corrected chi connectivity index (χ2v) is 6.14. The van der Waals surface area contributed by atoms with E-state index in [1.807, 2.05) is 32.9 Å². The molecule has 0 spiro atoms. The average molecular weight is 306 g/mol. The molecule has 0 N–H and O–H groups in total. The maximum absolute atomic E-state index is 5.66. The number of pyridine rings is 1. The van der Waals surface area contributed by atoms with Gasteiger partial charge in [-0.05, 0) is 52.2 Å². The monoisotopic (exact) mass is 306 g/mol. The number of oxime groups is 1. The molecule has 5 heteroatoms. The van der Waals surface area contributed by atoms with Crippen LogP contribution in [0.5, 0.6) is 0 Å². The molecule has 0 radical (unpaired) electrons. The fourth-order valence-electron chi connectivity index (χ4n) is 2.27. The highest BCUT2D eigenvalue weighted by atomic mass is 16.7. The minimum absolute atomic E-state index is 0.419. The van der Waals surface area contributed by atoms with Gasteiger partial charge in [0.15, 0.2) is 5.79 Å². The van der Waals surface area contributed by atoms with Crippen LogP contribution >= 0.6 is 0 Å². The van der Waals surface area contributed by atoms with Crippen molar-refractivity contribution in [3.63, 3.8) is 0 Å². The molecule has 1 aromatic heterocycles. The Morgan fingerprint density at radius 1 is 1.36 bits per heavy atom. The molecule has 0 atom stereocenters. The third-order valence-corrected chi connectivity index (χ3v) is 3.71. The van der Waals surface area contributed by atoms with Crippen LogP contribution in [0.25, 0.3) is 0 Å². The van der Waals surface area contributed by atoms with Crippen molar-refractivity contribution < 1.29 is 14.3 Å². The van der Waals surface area contributed by atoms with Gasteiger partial charge in [-0.25, -0.2) is 0 Å². The Kier molecular flexibility index (Phi) is 6.34. The Balaban J connectivity index is 1.56. The summed E-state index contributed by atoms with van der Waals surface area (Å²) < 4.78 is 11.3. The molecule has 1 aliphatic heterocycles. The third-order valence-electron chi connectivity index (χ3n) is 3.71. The van der Waals surface area contributed by atoms with Gasteiger partial charge in [-0.3, -0.25) is 4.98 Å². The molecule has 2 heterocycles. The van der Waals surface area contributed by atoms with Gasteiger partial charge in [-0.2, -0.15) is 0 Å². The SMILES string of the molecule is CC(=NOCCCCC1COC(C)(C)OC1)c1cccnc1. The summed E-state index contributed by atoms with van der Waals surface area (Å²) >= 11 is 0. The minimum Gasteiger partial charge on any atom is -0.396 e. The molecule has 2 rings (SSSR count). The van der Waals surface area contributed by atoms with Gasteiger partial charge in [0.2, 0.25) is 0 Å². The molecular formula is C17H26N2O3. The van der Waals surface area contributed by atoms with Gasteiger partial charge in [0.25, 0.3) is 0 Å². The van der Waals surface area contributed by atoms with Gasteiger partial charge in [-0.1, -0.05) is 5.16 Å². The summed E-state index contributed by atoms with van der Waals surface area (Å²) in [4.78, 5) is 9.44. The Bertz CT molecular complexity index is 464. The number of ether oxygens (including phenoxy) is 2. The number of hydrogen-bond donors (Lipinski definition) is 0. The minimum atomic E-state index is -0.419. The second-order valence-electron chi connectivity index (χ2n) is 6.14. The van der Waals surface area contributed by atoms with Crippen LogP contribution in [0.15, 0.2) is 29.7 Å². The lowest BCUT2D eigenvalue weighted by Gasteiger charge is -2.34. The average Bonchev–Trinajstić information content (AvgIpc) is 2.52. The Labute approximate surface area is 132 Å². The topological polar surface area (TPSA) is 52.9 Å². The first-order valence-corrected chi connectivity index (χ1v) is 7.92. The van der Waals surface area contributed by atoms with Crippen molar-refractivity contribution in [2.75, 3.05) is 19.8 Å². The molecule has 0 aromatic carbocycles. The van der Waals surface area contributed by atoms with Crippen LogP contribution in [0, 0.1) is 5.92 Å². The van der Waals surface area contributed by atoms with Gasteiger partial charge < -0.3 is 14.3 Å².